The quantitative estimate of drug-likeness (QED) is 0.588. The van der Waals surface area contributed by atoms with Gasteiger partial charge in [0.05, 0.1) is 5.41 Å². The van der Waals surface area contributed by atoms with Gasteiger partial charge >= 0.3 is 0 Å². The van der Waals surface area contributed by atoms with Crippen LogP contribution in [0.1, 0.15) is 45.1 Å². The molecule has 29 heavy (non-hydrogen) atoms. The molecule has 1 fully saturated rings. The highest BCUT2D eigenvalue weighted by atomic mass is 35.5. The summed E-state index contributed by atoms with van der Waals surface area (Å²) in [5.74, 6) is 0.843. The Kier molecular flexibility index (Phi) is 7.57. The Balaban J connectivity index is 1.64. The summed E-state index contributed by atoms with van der Waals surface area (Å²) < 4.78 is 5.83. The summed E-state index contributed by atoms with van der Waals surface area (Å²) in [6.45, 7) is 7.92. The highest BCUT2D eigenvalue weighted by Crippen LogP contribution is 2.44. The molecule has 1 aliphatic carbocycles. The van der Waals surface area contributed by atoms with Crippen molar-refractivity contribution in [3.05, 3.63) is 59.1 Å². The van der Waals surface area contributed by atoms with Gasteiger partial charge in [-0.3, -0.25) is 4.79 Å². The van der Waals surface area contributed by atoms with Gasteiger partial charge in [-0.15, -0.1) is 0 Å². The second kappa shape index (κ2) is 10.1. The number of anilines is 1. The molecule has 0 saturated heterocycles. The first-order valence-corrected chi connectivity index (χ1v) is 11.0. The van der Waals surface area contributed by atoms with E-state index < -0.39 is 5.41 Å². The molecule has 2 aromatic carbocycles. The van der Waals surface area contributed by atoms with Crippen LogP contribution in [0.2, 0.25) is 5.02 Å². The Labute approximate surface area is 179 Å². The Morgan fingerprint density at radius 1 is 1.07 bits per heavy atom. The van der Waals surface area contributed by atoms with Crippen molar-refractivity contribution < 1.29 is 9.53 Å². The van der Waals surface area contributed by atoms with Gasteiger partial charge in [0.25, 0.3) is 0 Å². The van der Waals surface area contributed by atoms with Gasteiger partial charge in [-0.2, -0.15) is 0 Å². The summed E-state index contributed by atoms with van der Waals surface area (Å²) in [6, 6.07) is 15.3. The average Bonchev–Trinajstić information content (AvgIpc) is 3.24. The minimum Gasteiger partial charge on any atom is -0.492 e. The van der Waals surface area contributed by atoms with E-state index in [9.17, 15) is 4.79 Å². The summed E-state index contributed by atoms with van der Waals surface area (Å²) in [5.41, 5.74) is 1.18. The minimum atomic E-state index is -0.544. The van der Waals surface area contributed by atoms with Gasteiger partial charge in [0.15, 0.2) is 0 Å². The van der Waals surface area contributed by atoms with Crippen LogP contribution in [-0.4, -0.2) is 37.0 Å². The van der Waals surface area contributed by atoms with Crippen LogP contribution in [-0.2, 0) is 10.2 Å². The van der Waals surface area contributed by atoms with Crippen molar-refractivity contribution in [1.82, 2.24) is 4.90 Å². The predicted molar refractivity (Wildman–Crippen MR) is 120 cm³/mol. The molecule has 0 heterocycles. The number of hydrogen-bond donors (Lipinski definition) is 1. The molecule has 1 aliphatic rings. The maximum Gasteiger partial charge on any atom is 0.235 e. The lowest BCUT2D eigenvalue weighted by molar-refractivity contribution is -0.121. The molecule has 1 amide bonds. The minimum absolute atomic E-state index is 0.0262. The molecular formula is C24H31ClN2O2. The normalized spacial score (nSPS) is 15.4. The van der Waals surface area contributed by atoms with Gasteiger partial charge in [0.1, 0.15) is 12.4 Å². The monoisotopic (exact) mass is 414 g/mol. The highest BCUT2D eigenvalue weighted by molar-refractivity contribution is 6.31. The molecule has 0 unspecified atom stereocenters. The molecular weight excluding hydrogens is 384 g/mol. The van der Waals surface area contributed by atoms with Crippen molar-refractivity contribution in [1.29, 1.82) is 0 Å². The van der Waals surface area contributed by atoms with Crippen LogP contribution >= 0.6 is 11.6 Å². The third-order valence-corrected chi connectivity index (χ3v) is 6.29. The Morgan fingerprint density at radius 3 is 2.34 bits per heavy atom. The number of rotatable bonds is 9. The SMILES string of the molecule is CCN(CC)CCOc1ccc(NC(=O)C2(c3ccccc3Cl)CCCC2)cc1. The van der Waals surface area contributed by atoms with Gasteiger partial charge in [-0.25, -0.2) is 0 Å². The van der Waals surface area contributed by atoms with Crippen molar-refractivity contribution >= 4 is 23.2 Å². The number of nitrogens with one attached hydrogen (secondary N) is 1. The zero-order valence-corrected chi connectivity index (χ0v) is 18.2. The van der Waals surface area contributed by atoms with E-state index >= 15 is 0 Å². The van der Waals surface area contributed by atoms with E-state index in [1.807, 2.05) is 48.5 Å². The van der Waals surface area contributed by atoms with Crippen LogP contribution in [0.4, 0.5) is 5.69 Å². The summed E-state index contributed by atoms with van der Waals surface area (Å²) >= 11 is 6.45. The summed E-state index contributed by atoms with van der Waals surface area (Å²) in [5, 5.41) is 3.78. The number of ether oxygens (including phenoxy) is 1. The molecule has 4 nitrogen and oxygen atoms in total. The molecule has 156 valence electrons. The van der Waals surface area contributed by atoms with Crippen molar-refractivity contribution in [2.45, 2.75) is 44.9 Å². The fourth-order valence-corrected chi connectivity index (χ4v) is 4.48. The lowest BCUT2D eigenvalue weighted by Gasteiger charge is -2.29. The van der Waals surface area contributed by atoms with E-state index in [1.165, 1.54) is 0 Å². The fourth-order valence-electron chi connectivity index (χ4n) is 4.16. The van der Waals surface area contributed by atoms with E-state index in [2.05, 4.69) is 24.1 Å². The molecule has 0 radical (unpaired) electrons. The number of benzene rings is 2. The summed E-state index contributed by atoms with van der Waals surface area (Å²) in [4.78, 5) is 15.6. The Bertz CT molecular complexity index is 797. The molecule has 0 bridgehead atoms. The number of amides is 1. The molecule has 1 saturated carbocycles. The standard InChI is InChI=1S/C24H31ClN2O2/c1-3-27(4-2)17-18-29-20-13-11-19(12-14-20)26-23(28)24(15-7-8-16-24)21-9-5-6-10-22(21)25/h5-6,9-14H,3-4,7-8,15-18H2,1-2H3,(H,26,28). The van der Waals surface area contributed by atoms with Gasteiger partial charge < -0.3 is 15.0 Å². The van der Waals surface area contributed by atoms with Crippen molar-refractivity contribution in [3.63, 3.8) is 0 Å². The molecule has 0 spiro atoms. The second-order valence-corrected chi connectivity index (χ2v) is 8.03. The fraction of sp³-hybridized carbons (Fsp3) is 0.458. The zero-order chi connectivity index (χ0) is 20.7. The van der Waals surface area contributed by atoms with Crippen molar-refractivity contribution in [2.75, 3.05) is 31.6 Å². The second-order valence-electron chi connectivity index (χ2n) is 7.62. The van der Waals surface area contributed by atoms with Gasteiger partial charge in [0, 0.05) is 17.3 Å². The smallest absolute Gasteiger partial charge is 0.235 e. The van der Waals surface area contributed by atoms with Crippen LogP contribution in [0.3, 0.4) is 0 Å². The molecule has 0 aliphatic heterocycles. The largest absolute Gasteiger partial charge is 0.492 e. The molecule has 5 heteroatoms. The van der Waals surface area contributed by atoms with Crippen molar-refractivity contribution in [2.24, 2.45) is 0 Å². The predicted octanol–water partition coefficient (Wildman–Crippen LogP) is 5.51. The van der Waals surface area contributed by atoms with Gasteiger partial charge in [-0.05, 0) is 61.8 Å². The Morgan fingerprint density at radius 2 is 1.72 bits per heavy atom. The number of nitrogens with zero attached hydrogens (tertiary/aromatic N) is 1. The highest BCUT2D eigenvalue weighted by Gasteiger charge is 2.43. The number of halogens is 1. The number of carbonyl (C=O) groups is 1. The first kappa shape index (κ1) is 21.7. The first-order valence-electron chi connectivity index (χ1n) is 10.6. The zero-order valence-electron chi connectivity index (χ0n) is 17.4. The van der Waals surface area contributed by atoms with E-state index in [0.717, 1.165) is 62.3 Å². The number of hydrogen-bond acceptors (Lipinski definition) is 3. The van der Waals surface area contributed by atoms with Gasteiger partial charge in [-0.1, -0.05) is 56.5 Å². The average molecular weight is 415 g/mol. The first-order chi connectivity index (χ1) is 14.1. The maximum atomic E-state index is 13.3. The van der Waals surface area contributed by atoms with Crippen LogP contribution in [0.5, 0.6) is 5.75 Å². The van der Waals surface area contributed by atoms with Crippen molar-refractivity contribution in [3.8, 4) is 5.75 Å². The van der Waals surface area contributed by atoms with Crippen LogP contribution in [0.25, 0.3) is 0 Å². The lowest BCUT2D eigenvalue weighted by atomic mass is 9.78. The van der Waals surface area contributed by atoms with Gasteiger partial charge in [0.2, 0.25) is 5.91 Å². The number of likely N-dealkylation sites (N-methyl/N-ethyl adjacent to an activating group) is 1. The third-order valence-electron chi connectivity index (χ3n) is 5.96. The van der Waals surface area contributed by atoms with E-state index in [-0.39, 0.29) is 5.91 Å². The molecule has 3 rings (SSSR count). The molecule has 1 N–H and O–H groups in total. The van der Waals surface area contributed by atoms with Crippen LogP contribution in [0.15, 0.2) is 48.5 Å². The van der Waals surface area contributed by atoms with Crippen LogP contribution in [0, 0.1) is 0 Å². The molecule has 2 aromatic rings. The van der Waals surface area contributed by atoms with E-state index in [1.54, 1.807) is 0 Å². The molecule has 0 atom stereocenters. The number of carbonyl (C=O) groups excluding carboxylic acids is 1. The van der Waals surface area contributed by atoms with E-state index in [4.69, 9.17) is 16.3 Å². The lowest BCUT2D eigenvalue weighted by Crippen LogP contribution is -2.38. The summed E-state index contributed by atoms with van der Waals surface area (Å²) in [7, 11) is 0. The topological polar surface area (TPSA) is 41.6 Å². The molecule has 0 aromatic heterocycles. The Hall–Kier alpha value is -2.04. The maximum absolute atomic E-state index is 13.3. The van der Waals surface area contributed by atoms with Crippen LogP contribution < -0.4 is 10.1 Å². The third kappa shape index (κ3) is 5.12. The summed E-state index contributed by atoms with van der Waals surface area (Å²) in [6.07, 6.45) is 3.74. The van der Waals surface area contributed by atoms with E-state index in [0.29, 0.717) is 11.6 Å².